The third-order valence-electron chi connectivity index (χ3n) is 2.86. The summed E-state index contributed by atoms with van der Waals surface area (Å²) in [5.74, 6) is 2.02. The van der Waals surface area contributed by atoms with Gasteiger partial charge in [0.2, 0.25) is 10.0 Å². The molecule has 0 bridgehead atoms. The van der Waals surface area contributed by atoms with Crippen molar-refractivity contribution in [3.63, 3.8) is 0 Å². The van der Waals surface area contributed by atoms with Gasteiger partial charge in [-0.1, -0.05) is 0 Å². The van der Waals surface area contributed by atoms with Gasteiger partial charge in [0.25, 0.3) is 0 Å². The van der Waals surface area contributed by atoms with Crippen molar-refractivity contribution in [2.45, 2.75) is 11.8 Å². The van der Waals surface area contributed by atoms with E-state index in [-0.39, 0.29) is 4.90 Å². The van der Waals surface area contributed by atoms with Gasteiger partial charge in [-0.25, -0.2) is 8.42 Å². The van der Waals surface area contributed by atoms with E-state index in [1.165, 1.54) is 10.4 Å². The van der Waals surface area contributed by atoms with Crippen molar-refractivity contribution in [1.82, 2.24) is 4.31 Å². The maximum atomic E-state index is 12.6. The standard InChI is InChI=1S/C12H18N2O3S2/c1-2-17-11-4-3-10(13)9-12(11)19(15,16)14-5-7-18-8-6-14/h3-4,9H,2,5-8,13H2,1H3. The second-order valence-corrected chi connectivity index (χ2v) is 7.29. The molecule has 1 fully saturated rings. The molecule has 0 unspecified atom stereocenters. The molecule has 2 N–H and O–H groups in total. The molecule has 1 aromatic rings. The fraction of sp³-hybridized carbons (Fsp3) is 0.500. The molecule has 1 saturated heterocycles. The number of ether oxygens (including phenoxy) is 1. The molecule has 0 spiro atoms. The summed E-state index contributed by atoms with van der Waals surface area (Å²) in [5.41, 5.74) is 6.13. The van der Waals surface area contributed by atoms with Gasteiger partial charge in [0, 0.05) is 30.3 Å². The second kappa shape index (κ2) is 6.02. The summed E-state index contributed by atoms with van der Waals surface area (Å²) in [4.78, 5) is 0.168. The van der Waals surface area contributed by atoms with E-state index in [4.69, 9.17) is 10.5 Å². The molecule has 0 radical (unpaired) electrons. The first-order valence-electron chi connectivity index (χ1n) is 6.16. The van der Waals surface area contributed by atoms with Crippen molar-refractivity contribution in [1.29, 1.82) is 0 Å². The van der Waals surface area contributed by atoms with E-state index in [1.807, 2.05) is 6.92 Å². The molecule has 1 aromatic carbocycles. The zero-order valence-corrected chi connectivity index (χ0v) is 12.5. The van der Waals surface area contributed by atoms with Crippen LogP contribution in [0.5, 0.6) is 5.75 Å². The summed E-state index contributed by atoms with van der Waals surface area (Å²) in [6.45, 7) is 3.31. The van der Waals surface area contributed by atoms with Crippen LogP contribution in [0.25, 0.3) is 0 Å². The lowest BCUT2D eigenvalue weighted by atomic mass is 10.3. The summed E-state index contributed by atoms with van der Waals surface area (Å²) in [5, 5.41) is 0. The SMILES string of the molecule is CCOc1ccc(N)cc1S(=O)(=O)N1CCSCC1. The molecule has 0 amide bonds. The highest BCUT2D eigenvalue weighted by Gasteiger charge is 2.29. The van der Waals surface area contributed by atoms with Crippen LogP contribution in [0.2, 0.25) is 0 Å². The van der Waals surface area contributed by atoms with Gasteiger partial charge in [-0.05, 0) is 25.1 Å². The van der Waals surface area contributed by atoms with Gasteiger partial charge in [0.15, 0.2) is 0 Å². The summed E-state index contributed by atoms with van der Waals surface area (Å²) in [6, 6.07) is 4.74. The topological polar surface area (TPSA) is 72.6 Å². The van der Waals surface area contributed by atoms with Crippen molar-refractivity contribution in [2.24, 2.45) is 0 Å². The van der Waals surface area contributed by atoms with Crippen LogP contribution in [0.1, 0.15) is 6.92 Å². The number of nitrogens with zero attached hydrogens (tertiary/aromatic N) is 1. The molecule has 1 aliphatic rings. The van der Waals surface area contributed by atoms with Gasteiger partial charge in [-0.2, -0.15) is 16.1 Å². The van der Waals surface area contributed by atoms with E-state index < -0.39 is 10.0 Å². The van der Waals surface area contributed by atoms with E-state index >= 15 is 0 Å². The maximum absolute atomic E-state index is 12.6. The van der Waals surface area contributed by atoms with E-state index in [0.717, 1.165) is 11.5 Å². The lowest BCUT2D eigenvalue weighted by Gasteiger charge is -2.26. The minimum atomic E-state index is -3.52. The molecule has 0 aromatic heterocycles. The number of sulfonamides is 1. The highest BCUT2D eigenvalue weighted by Crippen LogP contribution is 2.30. The molecule has 1 aliphatic heterocycles. The Morgan fingerprint density at radius 2 is 2.05 bits per heavy atom. The van der Waals surface area contributed by atoms with E-state index in [0.29, 0.717) is 31.1 Å². The van der Waals surface area contributed by atoms with Gasteiger partial charge in [-0.15, -0.1) is 0 Å². The lowest BCUT2D eigenvalue weighted by molar-refractivity contribution is 0.329. The quantitative estimate of drug-likeness (QED) is 0.851. The molecular weight excluding hydrogens is 284 g/mol. The Hall–Kier alpha value is -0.920. The van der Waals surface area contributed by atoms with Crippen molar-refractivity contribution < 1.29 is 13.2 Å². The Bertz CT molecular complexity index is 540. The van der Waals surface area contributed by atoms with Gasteiger partial charge >= 0.3 is 0 Å². The highest BCUT2D eigenvalue weighted by molar-refractivity contribution is 7.99. The largest absolute Gasteiger partial charge is 0.492 e. The predicted molar refractivity (Wildman–Crippen MR) is 78.1 cm³/mol. The molecule has 106 valence electrons. The Labute approximate surface area is 118 Å². The molecule has 7 heteroatoms. The van der Waals surface area contributed by atoms with Crippen LogP contribution in [-0.2, 0) is 10.0 Å². The Balaban J connectivity index is 2.40. The average Bonchev–Trinajstić information content (AvgIpc) is 2.42. The smallest absolute Gasteiger partial charge is 0.246 e. The minimum absolute atomic E-state index is 0.168. The molecule has 2 rings (SSSR count). The summed E-state index contributed by atoms with van der Waals surface area (Å²) < 4.78 is 32.1. The van der Waals surface area contributed by atoms with Gasteiger partial charge < -0.3 is 10.5 Å². The maximum Gasteiger partial charge on any atom is 0.246 e. The Morgan fingerprint density at radius 1 is 1.37 bits per heavy atom. The first-order chi connectivity index (χ1) is 9.05. The van der Waals surface area contributed by atoms with Gasteiger partial charge in [-0.3, -0.25) is 0 Å². The number of rotatable bonds is 4. The third-order valence-corrected chi connectivity index (χ3v) is 5.72. The van der Waals surface area contributed by atoms with Gasteiger partial charge in [0.05, 0.1) is 6.61 Å². The number of benzene rings is 1. The number of hydrogen-bond acceptors (Lipinski definition) is 5. The average molecular weight is 302 g/mol. The summed E-state index contributed by atoms with van der Waals surface area (Å²) in [6.07, 6.45) is 0. The van der Waals surface area contributed by atoms with Crippen molar-refractivity contribution in [3.8, 4) is 5.75 Å². The molecule has 1 heterocycles. The molecular formula is C12H18N2O3S2. The fourth-order valence-electron chi connectivity index (χ4n) is 1.93. The van der Waals surface area contributed by atoms with Crippen LogP contribution >= 0.6 is 11.8 Å². The number of nitrogen functional groups attached to an aromatic ring is 1. The predicted octanol–water partition coefficient (Wildman–Crippen LogP) is 1.41. The first-order valence-corrected chi connectivity index (χ1v) is 8.75. The second-order valence-electron chi connectivity index (χ2n) is 4.16. The summed E-state index contributed by atoms with van der Waals surface area (Å²) >= 11 is 1.77. The Kier molecular flexibility index (Phi) is 4.59. The monoisotopic (exact) mass is 302 g/mol. The van der Waals surface area contributed by atoms with Crippen LogP contribution < -0.4 is 10.5 Å². The number of nitrogens with two attached hydrogens (primary N) is 1. The molecule has 19 heavy (non-hydrogen) atoms. The summed E-state index contributed by atoms with van der Waals surface area (Å²) in [7, 11) is -3.52. The van der Waals surface area contributed by atoms with Crippen LogP contribution in [-0.4, -0.2) is 43.9 Å². The van der Waals surface area contributed by atoms with Crippen LogP contribution in [0.15, 0.2) is 23.1 Å². The van der Waals surface area contributed by atoms with Crippen molar-refractivity contribution in [3.05, 3.63) is 18.2 Å². The Morgan fingerprint density at radius 3 is 2.68 bits per heavy atom. The zero-order valence-electron chi connectivity index (χ0n) is 10.8. The van der Waals surface area contributed by atoms with Gasteiger partial charge in [0.1, 0.15) is 10.6 Å². The minimum Gasteiger partial charge on any atom is -0.492 e. The molecule has 5 nitrogen and oxygen atoms in total. The fourth-order valence-corrected chi connectivity index (χ4v) is 4.67. The zero-order chi connectivity index (χ0) is 13.9. The van der Waals surface area contributed by atoms with E-state index in [2.05, 4.69) is 0 Å². The van der Waals surface area contributed by atoms with Crippen molar-refractivity contribution >= 4 is 27.5 Å². The molecule has 0 aliphatic carbocycles. The normalized spacial score (nSPS) is 17.3. The van der Waals surface area contributed by atoms with E-state index in [1.54, 1.807) is 23.9 Å². The number of thioether (sulfide) groups is 1. The lowest BCUT2D eigenvalue weighted by Crippen LogP contribution is -2.38. The van der Waals surface area contributed by atoms with Crippen LogP contribution in [0.3, 0.4) is 0 Å². The molecule has 0 saturated carbocycles. The van der Waals surface area contributed by atoms with Crippen LogP contribution in [0, 0.1) is 0 Å². The number of hydrogen-bond donors (Lipinski definition) is 1. The first kappa shape index (κ1) is 14.5. The number of anilines is 1. The van der Waals surface area contributed by atoms with E-state index in [9.17, 15) is 8.42 Å². The highest BCUT2D eigenvalue weighted by atomic mass is 32.2. The van der Waals surface area contributed by atoms with Crippen LogP contribution in [0.4, 0.5) is 5.69 Å². The van der Waals surface area contributed by atoms with Crippen molar-refractivity contribution in [2.75, 3.05) is 36.9 Å². The molecule has 0 atom stereocenters. The third kappa shape index (κ3) is 3.16.